The molecule has 4 rings (SSSR count). The summed E-state index contributed by atoms with van der Waals surface area (Å²) >= 11 is 6.45. The Kier molecular flexibility index (Phi) is 10.2. The molecule has 0 aliphatic carbocycles. The number of carboxylic acids is 1. The minimum absolute atomic E-state index is 0.0226. The quantitative estimate of drug-likeness (QED) is 0.350. The fourth-order valence-electron chi connectivity index (χ4n) is 5.61. The van der Waals surface area contributed by atoms with Crippen LogP contribution in [-0.2, 0) is 9.53 Å². The topological polar surface area (TPSA) is 106 Å². The van der Waals surface area contributed by atoms with Crippen molar-refractivity contribution >= 4 is 28.9 Å². The number of ether oxygens (including phenoxy) is 4. The average molecular weight is 577 g/mol. The van der Waals surface area contributed by atoms with E-state index in [0.29, 0.717) is 35.7 Å². The molecule has 5 unspecified atom stereocenters. The van der Waals surface area contributed by atoms with Gasteiger partial charge in [0, 0.05) is 63.2 Å². The minimum Gasteiger partial charge on any atom is -0.488 e. The highest BCUT2D eigenvalue weighted by atomic mass is 35.5. The zero-order valence-electron chi connectivity index (χ0n) is 24.0. The first kappa shape index (κ1) is 30.0. The molecule has 4 heterocycles. The van der Waals surface area contributed by atoms with Gasteiger partial charge in [0.25, 0.3) is 5.88 Å². The lowest BCUT2D eigenvalue weighted by Gasteiger charge is -2.38. The van der Waals surface area contributed by atoms with Crippen LogP contribution in [0.1, 0.15) is 46.5 Å². The minimum atomic E-state index is -0.835. The van der Waals surface area contributed by atoms with Crippen molar-refractivity contribution in [2.24, 2.45) is 11.8 Å². The van der Waals surface area contributed by atoms with Crippen molar-refractivity contribution in [2.75, 3.05) is 50.3 Å². The molecule has 2 aromatic rings. The van der Waals surface area contributed by atoms with Crippen molar-refractivity contribution in [1.29, 1.82) is 0 Å². The Balaban J connectivity index is 1.52. The molecule has 2 fully saturated rings. The zero-order valence-corrected chi connectivity index (χ0v) is 24.8. The van der Waals surface area contributed by atoms with Crippen LogP contribution in [0.3, 0.4) is 0 Å². The predicted octanol–water partition coefficient (Wildman–Crippen LogP) is 4.93. The lowest BCUT2D eigenvalue weighted by atomic mass is 9.96. The van der Waals surface area contributed by atoms with Gasteiger partial charge < -0.3 is 33.9 Å². The summed E-state index contributed by atoms with van der Waals surface area (Å²) in [6, 6.07) is 3.59. The number of aliphatic carboxylic acids is 1. The van der Waals surface area contributed by atoms with Crippen molar-refractivity contribution in [3.63, 3.8) is 0 Å². The normalized spacial score (nSPS) is 24.7. The fraction of sp³-hybridized carbons (Fsp3) is 0.621. The van der Waals surface area contributed by atoms with E-state index in [1.807, 2.05) is 19.1 Å². The molecule has 1 N–H and O–H groups in total. The van der Waals surface area contributed by atoms with Crippen molar-refractivity contribution in [3.8, 4) is 17.5 Å². The highest BCUT2D eigenvalue weighted by molar-refractivity contribution is 6.33. The summed E-state index contributed by atoms with van der Waals surface area (Å²) in [4.78, 5) is 24.8. The van der Waals surface area contributed by atoms with Gasteiger partial charge in [0.05, 0.1) is 55.0 Å². The van der Waals surface area contributed by atoms with Crippen LogP contribution in [0.4, 0.5) is 11.4 Å². The number of anilines is 2. The number of unbranched alkanes of at least 4 members (excludes halogenated alkanes) is 1. The molecule has 10 nitrogen and oxygen atoms in total. The van der Waals surface area contributed by atoms with E-state index in [4.69, 9.17) is 35.5 Å². The number of halogens is 1. The first-order chi connectivity index (χ1) is 19.2. The summed E-state index contributed by atoms with van der Waals surface area (Å²) in [5, 5.41) is 10.1. The Hall–Kier alpha value is -2.98. The molecule has 11 heteroatoms. The lowest BCUT2D eigenvalue weighted by Crippen LogP contribution is -2.44. The number of methoxy groups -OCH3 is 2. The van der Waals surface area contributed by atoms with Crippen LogP contribution in [0.25, 0.3) is 0 Å². The second-order valence-corrected chi connectivity index (χ2v) is 11.1. The second kappa shape index (κ2) is 13.6. The molecular formula is C29H41ClN4O6. The number of aromatic nitrogens is 2. The molecule has 0 radical (unpaired) electrons. The summed E-state index contributed by atoms with van der Waals surface area (Å²) in [6.07, 6.45) is 5.95. The molecule has 220 valence electrons. The smallest absolute Gasteiger partial charge is 0.305 e. The highest BCUT2D eigenvalue weighted by Crippen LogP contribution is 2.38. The van der Waals surface area contributed by atoms with Crippen molar-refractivity contribution in [2.45, 2.75) is 64.7 Å². The molecule has 0 saturated carbocycles. The van der Waals surface area contributed by atoms with E-state index in [-0.39, 0.29) is 36.5 Å². The maximum Gasteiger partial charge on any atom is 0.305 e. The van der Waals surface area contributed by atoms with Crippen LogP contribution in [0.5, 0.6) is 17.5 Å². The molecule has 0 spiro atoms. The first-order valence-electron chi connectivity index (χ1n) is 14.0. The SMILES string of the molecule is CCCCOc1cc(N2CC(OC)C(C)C2CC(=O)O)cnc1OC1CCN(c2cc(OC)ncc2Cl)CC1C. The van der Waals surface area contributed by atoms with Gasteiger partial charge in [-0.05, 0) is 6.42 Å². The number of hydrogen-bond acceptors (Lipinski definition) is 9. The third kappa shape index (κ3) is 6.83. The van der Waals surface area contributed by atoms with E-state index >= 15 is 0 Å². The largest absolute Gasteiger partial charge is 0.488 e. The second-order valence-electron chi connectivity index (χ2n) is 10.7. The van der Waals surface area contributed by atoms with Crippen molar-refractivity contribution < 1.29 is 28.8 Å². The van der Waals surface area contributed by atoms with Crippen LogP contribution in [0.2, 0.25) is 5.02 Å². The molecule has 2 aliphatic heterocycles. The number of carbonyl (C=O) groups is 1. The van der Waals surface area contributed by atoms with Gasteiger partial charge in [-0.2, -0.15) is 0 Å². The van der Waals surface area contributed by atoms with Gasteiger partial charge in [-0.15, -0.1) is 0 Å². The van der Waals surface area contributed by atoms with Crippen LogP contribution < -0.4 is 24.0 Å². The van der Waals surface area contributed by atoms with E-state index in [9.17, 15) is 9.90 Å². The standard InChI is InChI=1S/C29H41ClN4O6/c1-6-7-10-39-25-11-20(34-17-26(37-4)19(3)22(34)13-28(35)36)14-32-29(25)40-24-8-9-33(16-18(24)2)23-12-27(38-5)31-15-21(23)30/h11-12,14-15,18-19,22,24,26H,6-10,13,16-17H2,1-5H3,(H,35,36). The third-order valence-corrected chi connectivity index (χ3v) is 8.29. The number of hydrogen-bond donors (Lipinski definition) is 1. The zero-order chi connectivity index (χ0) is 28.8. The van der Waals surface area contributed by atoms with Crippen LogP contribution in [0, 0.1) is 11.8 Å². The van der Waals surface area contributed by atoms with E-state index in [2.05, 4.69) is 28.6 Å². The summed E-state index contributed by atoms with van der Waals surface area (Å²) < 4.78 is 23.6. The lowest BCUT2D eigenvalue weighted by molar-refractivity contribution is -0.137. The summed E-state index contributed by atoms with van der Waals surface area (Å²) in [5.74, 6) is 0.970. The van der Waals surface area contributed by atoms with E-state index in [1.165, 1.54) is 0 Å². The summed E-state index contributed by atoms with van der Waals surface area (Å²) in [5.41, 5.74) is 1.70. The number of carboxylic acid groups (broad SMARTS) is 1. The summed E-state index contributed by atoms with van der Waals surface area (Å²) in [7, 11) is 3.26. The third-order valence-electron chi connectivity index (χ3n) is 8.00. The Labute approximate surface area is 241 Å². The number of nitrogens with zero attached hydrogens (tertiary/aromatic N) is 4. The Bertz CT molecular complexity index is 1150. The Morgan fingerprint density at radius 3 is 2.62 bits per heavy atom. The monoisotopic (exact) mass is 576 g/mol. The van der Waals surface area contributed by atoms with Gasteiger partial charge in [0.15, 0.2) is 5.75 Å². The molecular weight excluding hydrogens is 536 g/mol. The van der Waals surface area contributed by atoms with Crippen LogP contribution in [0.15, 0.2) is 24.5 Å². The maximum atomic E-state index is 11.6. The van der Waals surface area contributed by atoms with Gasteiger partial charge in [-0.3, -0.25) is 4.79 Å². The molecule has 0 bridgehead atoms. The molecule has 2 aliphatic rings. The van der Waals surface area contributed by atoms with Gasteiger partial charge >= 0.3 is 5.97 Å². The molecule has 5 atom stereocenters. The van der Waals surface area contributed by atoms with Crippen molar-refractivity contribution in [3.05, 3.63) is 29.5 Å². The van der Waals surface area contributed by atoms with Gasteiger partial charge in [0.2, 0.25) is 5.88 Å². The number of pyridine rings is 2. The van der Waals surface area contributed by atoms with E-state index in [0.717, 1.165) is 43.7 Å². The average Bonchev–Trinajstić information content (AvgIpc) is 3.25. The number of rotatable bonds is 12. The Morgan fingerprint density at radius 2 is 1.95 bits per heavy atom. The molecule has 2 saturated heterocycles. The van der Waals surface area contributed by atoms with Crippen molar-refractivity contribution in [1.82, 2.24) is 9.97 Å². The predicted molar refractivity (Wildman–Crippen MR) is 154 cm³/mol. The number of piperidine rings is 1. The van der Waals surface area contributed by atoms with Gasteiger partial charge in [-0.25, -0.2) is 9.97 Å². The van der Waals surface area contributed by atoms with Gasteiger partial charge in [0.1, 0.15) is 6.10 Å². The van der Waals surface area contributed by atoms with Gasteiger partial charge in [-0.1, -0.05) is 38.8 Å². The fourth-order valence-corrected chi connectivity index (χ4v) is 5.83. The molecule has 2 aromatic heterocycles. The first-order valence-corrected chi connectivity index (χ1v) is 14.4. The molecule has 0 amide bonds. The highest BCUT2D eigenvalue weighted by Gasteiger charge is 2.41. The van der Waals surface area contributed by atoms with E-state index in [1.54, 1.807) is 26.6 Å². The van der Waals surface area contributed by atoms with E-state index < -0.39 is 5.97 Å². The van der Waals surface area contributed by atoms with Crippen LogP contribution >= 0.6 is 11.6 Å². The maximum absolute atomic E-state index is 11.6. The molecule has 40 heavy (non-hydrogen) atoms. The molecule has 0 aromatic carbocycles. The van der Waals surface area contributed by atoms with Crippen LogP contribution in [-0.4, -0.2) is 79.8 Å². The Morgan fingerprint density at radius 1 is 1.15 bits per heavy atom. The summed E-state index contributed by atoms with van der Waals surface area (Å²) in [6.45, 7) is 8.95.